The number of methoxy groups -OCH3 is 1. The summed E-state index contributed by atoms with van der Waals surface area (Å²) in [6.07, 6.45) is -4.66. The van der Waals surface area contributed by atoms with E-state index in [2.05, 4.69) is 0 Å². The molecule has 6 aromatic rings. The number of carbonyl (C=O) groups is 4. The molecule has 260 valence electrons. The van der Waals surface area contributed by atoms with Crippen molar-refractivity contribution in [2.75, 3.05) is 31.0 Å². The fourth-order valence-electron chi connectivity index (χ4n) is 4.76. The zero-order valence-corrected chi connectivity index (χ0v) is 28.0. The Morgan fingerprint density at radius 2 is 1.18 bits per heavy atom. The highest BCUT2D eigenvalue weighted by atomic mass is 32.1. The average Bonchev–Trinajstić information content (AvgIpc) is 3.72. The molecule has 4 aromatic heterocycles. The molecule has 0 aliphatic heterocycles. The third kappa shape index (κ3) is 6.88. The standard InChI is InChI=1S/C34H21F3N2O10S2/c1-38(28(40)16-7-9-19(46-3)10-8-16)26-14-22-24(50-26)12-20(30(42)47-22)32(44)49-33(45)21-13-25-23(48-31(21)43)15-27(51-25)39(2)29(41)17-5-4-6-18(11-17)34(35,36)37/h4-15H,1-3H3. The predicted octanol–water partition coefficient (Wildman–Crippen LogP) is 6.60. The van der Waals surface area contributed by atoms with E-state index in [1.807, 2.05) is 0 Å². The fraction of sp³-hybridized carbons (Fsp3) is 0.118. The number of hydrogen-bond acceptors (Lipinski definition) is 12. The maximum absolute atomic E-state index is 13.2. The molecule has 0 fully saturated rings. The molecule has 0 radical (unpaired) electrons. The predicted molar refractivity (Wildman–Crippen MR) is 180 cm³/mol. The van der Waals surface area contributed by atoms with Crippen LogP contribution in [0.15, 0.2) is 91.2 Å². The maximum atomic E-state index is 13.2. The van der Waals surface area contributed by atoms with E-state index in [0.29, 0.717) is 22.4 Å². The van der Waals surface area contributed by atoms with Gasteiger partial charge < -0.3 is 28.1 Å². The second kappa shape index (κ2) is 13.3. The number of anilines is 2. The number of rotatable bonds is 7. The van der Waals surface area contributed by atoms with Crippen LogP contribution in [-0.2, 0) is 10.9 Å². The van der Waals surface area contributed by atoms with Crippen LogP contribution in [0.5, 0.6) is 5.75 Å². The summed E-state index contributed by atoms with van der Waals surface area (Å²) in [5, 5.41) is 0.536. The number of carbonyl (C=O) groups excluding carboxylic acids is 4. The minimum Gasteiger partial charge on any atom is -0.497 e. The molecular weight excluding hydrogens is 718 g/mol. The monoisotopic (exact) mass is 738 g/mol. The molecule has 0 unspecified atom stereocenters. The van der Waals surface area contributed by atoms with Crippen LogP contribution in [0.3, 0.4) is 0 Å². The Morgan fingerprint density at radius 1 is 0.686 bits per heavy atom. The lowest BCUT2D eigenvalue weighted by atomic mass is 10.1. The van der Waals surface area contributed by atoms with Crippen LogP contribution in [0.2, 0.25) is 0 Å². The van der Waals surface area contributed by atoms with Crippen LogP contribution in [0.25, 0.3) is 20.6 Å². The van der Waals surface area contributed by atoms with Crippen LogP contribution in [0.1, 0.15) is 47.0 Å². The summed E-state index contributed by atoms with van der Waals surface area (Å²) in [5.41, 5.74) is -4.61. The Hall–Kier alpha value is -6.07. The molecule has 2 aromatic carbocycles. The van der Waals surface area contributed by atoms with Crippen molar-refractivity contribution >= 4 is 77.0 Å². The summed E-state index contributed by atoms with van der Waals surface area (Å²) in [4.78, 5) is 79.5. The lowest BCUT2D eigenvalue weighted by Crippen LogP contribution is -2.25. The Labute approximate surface area is 291 Å². The van der Waals surface area contributed by atoms with E-state index in [4.69, 9.17) is 18.3 Å². The number of amides is 2. The molecule has 6 rings (SSSR count). The summed E-state index contributed by atoms with van der Waals surface area (Å²) in [7, 11) is 4.30. The van der Waals surface area contributed by atoms with Crippen LogP contribution < -0.4 is 25.8 Å². The van der Waals surface area contributed by atoms with Crippen LogP contribution in [-0.4, -0.2) is 45.0 Å². The first kappa shape index (κ1) is 34.8. The number of thiophene rings is 2. The zero-order chi connectivity index (χ0) is 36.8. The molecule has 51 heavy (non-hydrogen) atoms. The van der Waals surface area contributed by atoms with Gasteiger partial charge in [0.15, 0.2) is 11.2 Å². The third-order valence-corrected chi connectivity index (χ3v) is 9.77. The Morgan fingerprint density at radius 3 is 1.65 bits per heavy atom. The highest BCUT2D eigenvalue weighted by Crippen LogP contribution is 2.35. The maximum Gasteiger partial charge on any atom is 0.416 e. The minimum absolute atomic E-state index is 0.0541. The molecule has 0 saturated carbocycles. The zero-order valence-electron chi connectivity index (χ0n) is 26.4. The van der Waals surface area contributed by atoms with Crippen LogP contribution in [0, 0.1) is 0 Å². The summed E-state index contributed by atoms with van der Waals surface area (Å²) in [6, 6.07) is 15.2. The molecular formula is C34H21F3N2O10S2. The van der Waals surface area contributed by atoms with Gasteiger partial charge in [-0.15, -0.1) is 22.7 Å². The highest BCUT2D eigenvalue weighted by molar-refractivity contribution is 7.23. The topological polar surface area (TPSA) is 154 Å². The van der Waals surface area contributed by atoms with Gasteiger partial charge in [-0.25, -0.2) is 19.2 Å². The summed E-state index contributed by atoms with van der Waals surface area (Å²) >= 11 is 1.88. The molecule has 0 N–H and O–H groups in total. The van der Waals surface area contributed by atoms with Gasteiger partial charge in [-0.2, -0.15) is 13.2 Å². The molecule has 17 heteroatoms. The molecule has 0 spiro atoms. The lowest BCUT2D eigenvalue weighted by Gasteiger charge is -2.16. The van der Waals surface area contributed by atoms with Gasteiger partial charge in [-0.1, -0.05) is 6.07 Å². The molecule has 2 amide bonds. The second-order valence-corrected chi connectivity index (χ2v) is 12.9. The van der Waals surface area contributed by atoms with Crippen LogP contribution >= 0.6 is 22.7 Å². The minimum atomic E-state index is -4.66. The van der Waals surface area contributed by atoms with Crippen molar-refractivity contribution in [3.05, 3.63) is 121 Å². The first-order valence-corrected chi connectivity index (χ1v) is 16.1. The van der Waals surface area contributed by atoms with Crippen molar-refractivity contribution in [2.45, 2.75) is 6.18 Å². The Bertz CT molecular complexity index is 2500. The van der Waals surface area contributed by atoms with Crippen LogP contribution in [0.4, 0.5) is 23.2 Å². The number of nitrogens with zero attached hydrogens (tertiary/aromatic N) is 2. The lowest BCUT2D eigenvalue weighted by molar-refractivity contribution is -0.137. The van der Waals surface area contributed by atoms with Gasteiger partial charge in [-0.3, -0.25) is 9.59 Å². The van der Waals surface area contributed by atoms with Gasteiger partial charge in [-0.05, 0) is 54.6 Å². The van der Waals surface area contributed by atoms with E-state index in [-0.39, 0.29) is 37.0 Å². The second-order valence-electron chi connectivity index (χ2n) is 10.7. The van der Waals surface area contributed by atoms with Crippen molar-refractivity contribution in [2.24, 2.45) is 0 Å². The van der Waals surface area contributed by atoms with Gasteiger partial charge in [0.2, 0.25) is 0 Å². The first-order chi connectivity index (χ1) is 24.1. The number of halogens is 3. The van der Waals surface area contributed by atoms with E-state index in [1.165, 1.54) is 44.3 Å². The highest BCUT2D eigenvalue weighted by Gasteiger charge is 2.31. The first-order valence-electron chi connectivity index (χ1n) is 14.4. The van der Waals surface area contributed by atoms with E-state index >= 15 is 0 Å². The van der Waals surface area contributed by atoms with Crippen molar-refractivity contribution in [1.29, 1.82) is 0 Å². The summed E-state index contributed by atoms with van der Waals surface area (Å²) < 4.78 is 60.3. The summed E-state index contributed by atoms with van der Waals surface area (Å²) in [6.45, 7) is 0. The largest absolute Gasteiger partial charge is 0.497 e. The van der Waals surface area contributed by atoms with E-state index in [1.54, 1.807) is 24.3 Å². The molecule has 0 atom stereocenters. The normalized spacial score (nSPS) is 11.4. The van der Waals surface area contributed by atoms with Gasteiger partial charge in [0.05, 0.1) is 22.1 Å². The van der Waals surface area contributed by atoms with Crippen molar-refractivity contribution in [3.63, 3.8) is 0 Å². The molecule has 0 saturated heterocycles. The van der Waals surface area contributed by atoms with Crippen molar-refractivity contribution in [1.82, 2.24) is 0 Å². The van der Waals surface area contributed by atoms with Gasteiger partial charge >= 0.3 is 29.4 Å². The number of alkyl halides is 3. The van der Waals surface area contributed by atoms with Gasteiger partial charge in [0.25, 0.3) is 11.8 Å². The number of fused-ring (bicyclic) bond motifs is 2. The Balaban J connectivity index is 1.20. The van der Waals surface area contributed by atoms with E-state index in [0.717, 1.165) is 51.8 Å². The summed E-state index contributed by atoms with van der Waals surface area (Å²) in [5.74, 6) is -3.47. The number of esters is 2. The molecule has 0 bridgehead atoms. The van der Waals surface area contributed by atoms with E-state index < -0.39 is 52.0 Å². The molecule has 4 heterocycles. The van der Waals surface area contributed by atoms with Gasteiger partial charge in [0.1, 0.15) is 26.9 Å². The quantitative estimate of drug-likeness (QED) is 0.129. The fourth-order valence-corrected chi connectivity index (χ4v) is 6.74. The number of ether oxygens (including phenoxy) is 2. The third-order valence-electron chi connectivity index (χ3n) is 7.49. The van der Waals surface area contributed by atoms with Crippen molar-refractivity contribution < 1.29 is 50.7 Å². The number of hydrogen-bond donors (Lipinski definition) is 0. The SMILES string of the molecule is COc1ccc(C(=O)N(C)c2cc3oc(=O)c(C(=O)OC(=O)c4cc5sc(N(C)C(=O)c6cccc(C(F)(F)F)c6)cc5oc4=O)cc3s2)cc1. The van der Waals surface area contributed by atoms with Gasteiger partial charge in [0, 0.05) is 37.4 Å². The smallest absolute Gasteiger partial charge is 0.416 e. The molecule has 0 aliphatic rings. The molecule has 12 nitrogen and oxygen atoms in total. The molecule has 0 aliphatic carbocycles. The van der Waals surface area contributed by atoms with Crippen molar-refractivity contribution in [3.8, 4) is 5.75 Å². The number of benzene rings is 2. The Kier molecular flexibility index (Phi) is 9.09. The average molecular weight is 739 g/mol. The van der Waals surface area contributed by atoms with E-state index in [9.17, 15) is 41.9 Å².